The van der Waals surface area contributed by atoms with Gasteiger partial charge >= 0.3 is 0 Å². The van der Waals surface area contributed by atoms with Crippen LogP contribution in [0.25, 0.3) is 0 Å². The van der Waals surface area contributed by atoms with E-state index in [9.17, 15) is 4.79 Å². The quantitative estimate of drug-likeness (QED) is 0.783. The molecule has 1 aromatic rings. The van der Waals surface area contributed by atoms with Gasteiger partial charge in [-0.25, -0.2) is 0 Å². The molecule has 0 spiro atoms. The van der Waals surface area contributed by atoms with Gasteiger partial charge < -0.3 is 9.64 Å². The Morgan fingerprint density at radius 1 is 0.913 bits per heavy atom. The molecule has 3 heteroatoms. The van der Waals surface area contributed by atoms with Crippen molar-refractivity contribution in [3.05, 3.63) is 47.0 Å². The Bertz CT molecular complexity index is 598. The summed E-state index contributed by atoms with van der Waals surface area (Å²) in [4.78, 5) is 15.5. The summed E-state index contributed by atoms with van der Waals surface area (Å²) in [5, 5.41) is 0. The Hall–Kier alpha value is -1.61. The zero-order valence-electron chi connectivity index (χ0n) is 13.7. The molecule has 0 aromatic heterocycles. The first-order chi connectivity index (χ1) is 11.3. The summed E-state index contributed by atoms with van der Waals surface area (Å²) in [5.41, 5.74) is 4.10. The minimum Gasteiger partial charge on any atom is -0.381 e. The van der Waals surface area contributed by atoms with Crippen molar-refractivity contribution in [1.29, 1.82) is 0 Å². The average Bonchev–Trinajstić information content (AvgIpc) is 3.48. The molecule has 0 radical (unpaired) electrons. The van der Waals surface area contributed by atoms with Gasteiger partial charge in [-0.05, 0) is 44.1 Å². The van der Waals surface area contributed by atoms with E-state index in [0.29, 0.717) is 19.1 Å². The van der Waals surface area contributed by atoms with Gasteiger partial charge in [-0.2, -0.15) is 0 Å². The van der Waals surface area contributed by atoms with Crippen LogP contribution in [0.2, 0.25) is 0 Å². The number of carbonyl (C=O) groups excluding carboxylic acids is 1. The number of hydrogen-bond donors (Lipinski definition) is 0. The Labute approximate surface area is 138 Å². The molecule has 2 aliphatic heterocycles. The standard InChI is InChI=1S/C20H25NO2/c22-19(21-12-8-17(9-13-21)16-6-7-16)20(10-14-23-15-11-20)18-4-2-1-3-5-18/h1-5H,6-15H2. The van der Waals surface area contributed by atoms with E-state index in [1.54, 1.807) is 11.1 Å². The van der Waals surface area contributed by atoms with Crippen LogP contribution in [0.5, 0.6) is 0 Å². The molecule has 0 bridgehead atoms. The summed E-state index contributed by atoms with van der Waals surface area (Å²) in [5.74, 6) is 0.326. The van der Waals surface area contributed by atoms with Gasteiger partial charge in [0.15, 0.2) is 0 Å². The minimum atomic E-state index is -0.371. The first kappa shape index (κ1) is 14.9. The van der Waals surface area contributed by atoms with Crippen LogP contribution in [0, 0.1) is 0 Å². The van der Waals surface area contributed by atoms with Crippen LogP contribution in [0.1, 0.15) is 44.1 Å². The summed E-state index contributed by atoms with van der Waals surface area (Å²) in [7, 11) is 0. The SMILES string of the molecule is O=C(N1CCC(=C2CC2)CC1)C1(c2ccccc2)CCOCC1. The maximum Gasteiger partial charge on any atom is 0.233 e. The van der Waals surface area contributed by atoms with Crippen LogP contribution < -0.4 is 0 Å². The number of ether oxygens (including phenoxy) is 1. The first-order valence-corrected chi connectivity index (χ1v) is 8.92. The number of nitrogens with zero attached hydrogens (tertiary/aromatic N) is 1. The highest BCUT2D eigenvalue weighted by molar-refractivity contribution is 5.88. The number of allylic oxidation sites excluding steroid dienone is 1. The lowest BCUT2D eigenvalue weighted by Crippen LogP contribution is -2.51. The number of hydrogen-bond acceptors (Lipinski definition) is 2. The van der Waals surface area contributed by atoms with Crippen molar-refractivity contribution in [2.45, 2.75) is 43.9 Å². The molecule has 3 fully saturated rings. The van der Waals surface area contributed by atoms with Gasteiger partial charge in [-0.3, -0.25) is 4.79 Å². The van der Waals surface area contributed by atoms with Gasteiger partial charge in [0.25, 0.3) is 0 Å². The van der Waals surface area contributed by atoms with Gasteiger partial charge in [0.05, 0.1) is 5.41 Å². The average molecular weight is 311 g/mol. The van der Waals surface area contributed by atoms with Gasteiger partial charge in [0.2, 0.25) is 5.91 Å². The molecule has 1 aliphatic carbocycles. The fraction of sp³-hybridized carbons (Fsp3) is 0.550. The molecule has 1 amide bonds. The normalized spacial score (nSPS) is 23.7. The molecule has 122 valence electrons. The van der Waals surface area contributed by atoms with Crippen molar-refractivity contribution in [3.8, 4) is 0 Å². The van der Waals surface area contributed by atoms with Gasteiger partial charge in [0.1, 0.15) is 0 Å². The lowest BCUT2D eigenvalue weighted by molar-refractivity contribution is -0.141. The molecule has 0 unspecified atom stereocenters. The largest absolute Gasteiger partial charge is 0.381 e. The zero-order chi connectivity index (χ0) is 15.7. The highest BCUT2D eigenvalue weighted by Crippen LogP contribution is 2.39. The van der Waals surface area contributed by atoms with E-state index in [1.165, 1.54) is 18.4 Å². The topological polar surface area (TPSA) is 29.5 Å². The fourth-order valence-electron chi connectivity index (χ4n) is 4.16. The smallest absolute Gasteiger partial charge is 0.233 e. The van der Waals surface area contributed by atoms with E-state index in [2.05, 4.69) is 17.0 Å². The molecule has 3 aliphatic rings. The minimum absolute atomic E-state index is 0.326. The van der Waals surface area contributed by atoms with E-state index >= 15 is 0 Å². The lowest BCUT2D eigenvalue weighted by Gasteiger charge is -2.41. The number of rotatable bonds is 2. The second-order valence-electron chi connectivity index (χ2n) is 7.06. The van der Waals surface area contributed by atoms with Crippen LogP contribution in [0.3, 0.4) is 0 Å². The second kappa shape index (κ2) is 6.12. The van der Waals surface area contributed by atoms with Crippen molar-refractivity contribution in [1.82, 2.24) is 4.90 Å². The number of carbonyl (C=O) groups is 1. The zero-order valence-corrected chi connectivity index (χ0v) is 13.7. The predicted molar refractivity (Wildman–Crippen MR) is 90.2 cm³/mol. The summed E-state index contributed by atoms with van der Waals surface area (Å²) >= 11 is 0. The maximum atomic E-state index is 13.4. The Kier molecular flexibility index (Phi) is 3.98. The first-order valence-electron chi connectivity index (χ1n) is 8.92. The van der Waals surface area contributed by atoms with Crippen LogP contribution in [0.15, 0.2) is 41.5 Å². The molecular weight excluding hydrogens is 286 g/mol. The van der Waals surface area contributed by atoms with E-state index in [-0.39, 0.29) is 5.41 Å². The molecule has 23 heavy (non-hydrogen) atoms. The molecule has 4 rings (SSSR count). The van der Waals surface area contributed by atoms with Crippen molar-refractivity contribution in [2.24, 2.45) is 0 Å². The number of benzene rings is 1. The number of likely N-dealkylation sites (tertiary alicyclic amines) is 1. The van der Waals surface area contributed by atoms with Crippen molar-refractivity contribution in [2.75, 3.05) is 26.3 Å². The number of amides is 1. The molecule has 0 N–H and O–H groups in total. The highest BCUT2D eigenvalue weighted by atomic mass is 16.5. The summed E-state index contributed by atoms with van der Waals surface area (Å²) < 4.78 is 5.56. The maximum absolute atomic E-state index is 13.4. The summed E-state index contributed by atoms with van der Waals surface area (Å²) in [6.07, 6.45) is 6.38. The third-order valence-electron chi connectivity index (χ3n) is 5.74. The Morgan fingerprint density at radius 2 is 1.52 bits per heavy atom. The molecule has 1 aromatic carbocycles. The molecule has 2 heterocycles. The van der Waals surface area contributed by atoms with E-state index in [0.717, 1.165) is 38.8 Å². The summed E-state index contributed by atoms with van der Waals surface area (Å²) in [6.45, 7) is 3.16. The van der Waals surface area contributed by atoms with Crippen molar-refractivity contribution < 1.29 is 9.53 Å². The van der Waals surface area contributed by atoms with Crippen molar-refractivity contribution >= 4 is 5.91 Å². The Balaban J connectivity index is 1.57. The van der Waals surface area contributed by atoms with Crippen molar-refractivity contribution in [3.63, 3.8) is 0 Å². The molecule has 2 saturated heterocycles. The molecule has 3 nitrogen and oxygen atoms in total. The monoisotopic (exact) mass is 311 g/mol. The van der Waals surface area contributed by atoms with Crippen LogP contribution >= 0.6 is 0 Å². The summed E-state index contributed by atoms with van der Waals surface area (Å²) in [6, 6.07) is 10.4. The van der Waals surface area contributed by atoms with E-state index in [4.69, 9.17) is 4.74 Å². The second-order valence-corrected chi connectivity index (χ2v) is 7.06. The molecule has 1 saturated carbocycles. The number of piperidine rings is 1. The van der Waals surface area contributed by atoms with Crippen LogP contribution in [-0.4, -0.2) is 37.1 Å². The fourth-order valence-corrected chi connectivity index (χ4v) is 4.16. The van der Waals surface area contributed by atoms with E-state index in [1.807, 2.05) is 18.2 Å². The third kappa shape index (κ3) is 2.83. The van der Waals surface area contributed by atoms with E-state index < -0.39 is 0 Å². The third-order valence-corrected chi connectivity index (χ3v) is 5.74. The van der Waals surface area contributed by atoms with Gasteiger partial charge in [-0.15, -0.1) is 0 Å². The highest BCUT2D eigenvalue weighted by Gasteiger charge is 2.44. The lowest BCUT2D eigenvalue weighted by atomic mass is 9.72. The molecule has 0 atom stereocenters. The van der Waals surface area contributed by atoms with Crippen LogP contribution in [0.4, 0.5) is 0 Å². The predicted octanol–water partition coefficient (Wildman–Crippen LogP) is 3.45. The molecular formula is C20H25NO2. The van der Waals surface area contributed by atoms with Gasteiger partial charge in [-0.1, -0.05) is 41.5 Å². The van der Waals surface area contributed by atoms with Gasteiger partial charge in [0, 0.05) is 26.3 Å². The van der Waals surface area contributed by atoms with Crippen LogP contribution in [-0.2, 0) is 14.9 Å². The Morgan fingerprint density at radius 3 is 2.13 bits per heavy atom.